The Hall–Kier alpha value is -2.08. The molecule has 6 nitrogen and oxygen atoms in total. The second kappa shape index (κ2) is 8.11. The average Bonchev–Trinajstić information content (AvgIpc) is 3.14. The minimum Gasteiger partial charge on any atom is -0.391 e. The van der Waals surface area contributed by atoms with E-state index in [1.54, 1.807) is 0 Å². The summed E-state index contributed by atoms with van der Waals surface area (Å²) in [5.41, 5.74) is 1.35. The Morgan fingerprint density at radius 2 is 1.93 bits per heavy atom. The lowest BCUT2D eigenvalue weighted by Gasteiger charge is -2.48. The normalized spacial score (nSPS) is 26.6. The Kier molecular flexibility index (Phi) is 5.98. The molecule has 3 rings (SSSR count). The van der Waals surface area contributed by atoms with Crippen molar-refractivity contribution in [3.8, 4) is 0 Å². The zero-order valence-electron chi connectivity index (χ0n) is 16.6. The summed E-state index contributed by atoms with van der Waals surface area (Å²) >= 11 is 5.61. The van der Waals surface area contributed by atoms with Gasteiger partial charge in [0.05, 0.1) is 0 Å². The predicted molar refractivity (Wildman–Crippen MR) is 109 cm³/mol. The highest BCUT2D eigenvalue weighted by atomic mass is 35.5. The summed E-state index contributed by atoms with van der Waals surface area (Å²) in [4.78, 5) is 29.6. The highest BCUT2D eigenvalue weighted by Gasteiger charge is 2.47. The molecule has 0 saturated heterocycles. The molecule has 152 valence electrons. The minimum atomic E-state index is -0.192. The number of carbonyl (C=O) groups is 2. The van der Waals surface area contributed by atoms with Crippen LogP contribution in [0.3, 0.4) is 0 Å². The van der Waals surface area contributed by atoms with E-state index in [4.69, 9.17) is 16.4 Å². The smallest absolute Gasteiger partial charge is 0.269 e. The first kappa shape index (κ1) is 20.6. The van der Waals surface area contributed by atoms with Gasteiger partial charge in [0, 0.05) is 29.8 Å². The second-order valence-electron chi connectivity index (χ2n) is 8.84. The summed E-state index contributed by atoms with van der Waals surface area (Å²) in [6.45, 7) is 6.72. The maximum atomic E-state index is 12.6. The van der Waals surface area contributed by atoms with Crippen LogP contribution in [-0.2, 0) is 19.8 Å². The van der Waals surface area contributed by atoms with Gasteiger partial charge in [-0.2, -0.15) is 0 Å². The first-order valence-electron chi connectivity index (χ1n) is 9.65. The van der Waals surface area contributed by atoms with Crippen LogP contribution in [0.15, 0.2) is 35.5 Å². The first-order chi connectivity index (χ1) is 13.2. The van der Waals surface area contributed by atoms with Gasteiger partial charge >= 0.3 is 0 Å². The van der Waals surface area contributed by atoms with Crippen molar-refractivity contribution in [1.82, 2.24) is 10.6 Å². The SMILES string of the molecule is CC(C)(C)C1CC(C(=O)NC2CC(CNC(=O)CCl)(c3ccccc3)C2)=NO1. The number of hydrogen-bond donors (Lipinski definition) is 2. The van der Waals surface area contributed by atoms with E-state index in [2.05, 4.69) is 48.7 Å². The van der Waals surface area contributed by atoms with Crippen molar-refractivity contribution >= 4 is 29.1 Å². The topological polar surface area (TPSA) is 79.8 Å². The van der Waals surface area contributed by atoms with Crippen LogP contribution < -0.4 is 10.6 Å². The minimum absolute atomic E-state index is 0.0389. The van der Waals surface area contributed by atoms with Crippen molar-refractivity contribution in [3.05, 3.63) is 35.9 Å². The summed E-state index contributed by atoms with van der Waals surface area (Å²) in [5.74, 6) is -0.405. The molecular weight excluding hydrogens is 378 g/mol. The van der Waals surface area contributed by atoms with Crippen molar-refractivity contribution in [2.24, 2.45) is 10.6 Å². The lowest BCUT2D eigenvalue weighted by molar-refractivity contribution is -0.120. The van der Waals surface area contributed by atoms with Gasteiger partial charge in [-0.1, -0.05) is 56.3 Å². The number of hydrogen-bond acceptors (Lipinski definition) is 4. The lowest BCUT2D eigenvalue weighted by atomic mass is 9.61. The fourth-order valence-corrected chi connectivity index (χ4v) is 3.91. The summed E-state index contributed by atoms with van der Waals surface area (Å²) in [6.07, 6.45) is 1.95. The molecule has 1 aromatic carbocycles. The zero-order chi connectivity index (χ0) is 20.4. The van der Waals surface area contributed by atoms with Crippen LogP contribution in [0.5, 0.6) is 0 Å². The molecule has 0 radical (unpaired) electrons. The van der Waals surface area contributed by atoms with Crippen LogP contribution in [0, 0.1) is 5.41 Å². The number of amides is 2. The van der Waals surface area contributed by atoms with E-state index >= 15 is 0 Å². The van der Waals surface area contributed by atoms with Crippen LogP contribution in [0.2, 0.25) is 0 Å². The summed E-state index contributed by atoms with van der Waals surface area (Å²) in [6, 6.07) is 10.1. The Morgan fingerprint density at radius 1 is 1.25 bits per heavy atom. The molecule has 1 heterocycles. The second-order valence-corrected chi connectivity index (χ2v) is 9.10. The third-order valence-electron chi connectivity index (χ3n) is 5.64. The molecule has 1 saturated carbocycles. The third kappa shape index (κ3) is 4.49. The largest absolute Gasteiger partial charge is 0.391 e. The molecule has 1 fully saturated rings. The number of benzene rings is 1. The van der Waals surface area contributed by atoms with Crippen molar-refractivity contribution < 1.29 is 14.4 Å². The van der Waals surface area contributed by atoms with Crippen LogP contribution in [0.25, 0.3) is 0 Å². The molecular formula is C21H28ClN3O3. The number of oxime groups is 1. The Balaban J connectivity index is 1.59. The maximum Gasteiger partial charge on any atom is 0.269 e. The number of nitrogens with zero attached hydrogens (tertiary/aromatic N) is 1. The molecule has 1 aliphatic heterocycles. The molecule has 1 aliphatic carbocycles. The molecule has 0 spiro atoms. The monoisotopic (exact) mass is 405 g/mol. The van der Waals surface area contributed by atoms with Gasteiger partial charge in [-0.15, -0.1) is 11.6 Å². The molecule has 2 aliphatic rings. The zero-order valence-corrected chi connectivity index (χ0v) is 17.4. The highest BCUT2D eigenvalue weighted by Crippen LogP contribution is 2.43. The quantitative estimate of drug-likeness (QED) is 0.714. The average molecular weight is 406 g/mol. The number of halogens is 1. The standard InChI is InChI=1S/C21H28ClN3O3/c1-20(2,3)17-9-16(25-28-17)19(27)24-15-10-21(11-15,13-23-18(26)12-22)14-7-5-4-6-8-14/h4-8,15,17H,9-13H2,1-3H3,(H,23,26)(H,24,27). The summed E-state index contributed by atoms with van der Waals surface area (Å²) in [7, 11) is 0. The lowest BCUT2D eigenvalue weighted by Crippen LogP contribution is -2.58. The molecule has 1 unspecified atom stereocenters. The molecule has 2 amide bonds. The number of rotatable bonds is 6. The summed E-state index contributed by atoms with van der Waals surface area (Å²) < 4.78 is 0. The Bertz CT molecular complexity index is 752. The van der Waals surface area contributed by atoms with Gasteiger partial charge in [-0.05, 0) is 18.4 Å². The third-order valence-corrected chi connectivity index (χ3v) is 5.88. The van der Waals surface area contributed by atoms with E-state index in [1.807, 2.05) is 18.2 Å². The van der Waals surface area contributed by atoms with Gasteiger partial charge in [-0.25, -0.2) is 0 Å². The molecule has 28 heavy (non-hydrogen) atoms. The van der Waals surface area contributed by atoms with Crippen molar-refractivity contribution in [2.45, 2.75) is 57.6 Å². The van der Waals surface area contributed by atoms with Crippen molar-refractivity contribution in [1.29, 1.82) is 0 Å². The van der Waals surface area contributed by atoms with Gasteiger partial charge < -0.3 is 15.5 Å². The van der Waals surface area contributed by atoms with Gasteiger partial charge in [-0.3, -0.25) is 9.59 Å². The van der Waals surface area contributed by atoms with Crippen LogP contribution in [0.1, 0.15) is 45.6 Å². The van der Waals surface area contributed by atoms with Gasteiger partial charge in [0.2, 0.25) is 5.91 Å². The molecule has 1 atom stereocenters. The molecule has 7 heteroatoms. The van der Waals surface area contributed by atoms with E-state index in [-0.39, 0.29) is 40.7 Å². The highest BCUT2D eigenvalue weighted by molar-refractivity contribution is 6.39. The van der Waals surface area contributed by atoms with Crippen LogP contribution in [-0.4, -0.2) is 42.1 Å². The molecule has 2 N–H and O–H groups in total. The fraction of sp³-hybridized carbons (Fsp3) is 0.571. The van der Waals surface area contributed by atoms with E-state index in [1.165, 1.54) is 0 Å². The number of carbonyl (C=O) groups excluding carboxylic acids is 2. The Labute approximate surface area is 171 Å². The van der Waals surface area contributed by atoms with Crippen molar-refractivity contribution in [2.75, 3.05) is 12.4 Å². The van der Waals surface area contributed by atoms with Gasteiger partial charge in [0.1, 0.15) is 17.7 Å². The van der Waals surface area contributed by atoms with E-state index in [0.717, 1.165) is 18.4 Å². The molecule has 1 aromatic rings. The van der Waals surface area contributed by atoms with Gasteiger partial charge in [0.15, 0.2) is 0 Å². The summed E-state index contributed by atoms with van der Waals surface area (Å²) in [5, 5.41) is 9.96. The Morgan fingerprint density at radius 3 is 2.50 bits per heavy atom. The fourth-order valence-electron chi connectivity index (χ4n) is 3.82. The van der Waals surface area contributed by atoms with Crippen LogP contribution >= 0.6 is 11.6 Å². The van der Waals surface area contributed by atoms with E-state index in [9.17, 15) is 9.59 Å². The van der Waals surface area contributed by atoms with Crippen LogP contribution in [0.4, 0.5) is 0 Å². The van der Waals surface area contributed by atoms with Crippen molar-refractivity contribution in [3.63, 3.8) is 0 Å². The van der Waals surface area contributed by atoms with E-state index < -0.39 is 0 Å². The first-order valence-corrected chi connectivity index (χ1v) is 10.2. The predicted octanol–water partition coefficient (Wildman–Crippen LogP) is 2.75. The maximum absolute atomic E-state index is 12.6. The number of nitrogens with one attached hydrogen (secondary N) is 2. The molecule has 0 aromatic heterocycles. The van der Waals surface area contributed by atoms with Gasteiger partial charge in [0.25, 0.3) is 5.91 Å². The molecule has 0 bridgehead atoms. The number of alkyl halides is 1. The van der Waals surface area contributed by atoms with E-state index in [0.29, 0.717) is 18.7 Å².